The van der Waals surface area contributed by atoms with E-state index in [1.165, 1.54) is 0 Å². The molecule has 0 heterocycles. The average Bonchev–Trinajstić information content (AvgIpc) is 2.17. The number of carbonyl (C=O) groups excluding carboxylic acids is 1. The summed E-state index contributed by atoms with van der Waals surface area (Å²) < 4.78 is 0. The predicted molar refractivity (Wildman–Crippen MR) is 59.7 cm³/mol. The molecule has 0 aliphatic heterocycles. The lowest BCUT2D eigenvalue weighted by molar-refractivity contribution is -0.125. The van der Waals surface area contributed by atoms with E-state index in [1.54, 1.807) is 0 Å². The summed E-state index contributed by atoms with van der Waals surface area (Å²) in [6.07, 6.45) is 3.14. The molecule has 0 aromatic rings. The van der Waals surface area contributed by atoms with Crippen molar-refractivity contribution in [3.8, 4) is 0 Å². The van der Waals surface area contributed by atoms with E-state index in [0.29, 0.717) is 5.92 Å². The van der Waals surface area contributed by atoms with Crippen molar-refractivity contribution in [3.63, 3.8) is 0 Å². The molecule has 0 aliphatic rings. The van der Waals surface area contributed by atoms with Crippen LogP contribution in [0.1, 0.15) is 47.0 Å². The second-order valence-corrected chi connectivity index (χ2v) is 4.07. The summed E-state index contributed by atoms with van der Waals surface area (Å²) in [5.41, 5.74) is 5.72. The maximum Gasteiger partial charge on any atom is 0.236 e. The van der Waals surface area contributed by atoms with Crippen molar-refractivity contribution in [2.24, 2.45) is 11.8 Å². The quantitative estimate of drug-likeness (QED) is 0.618. The first-order valence-corrected chi connectivity index (χ1v) is 5.64. The van der Waals surface area contributed by atoms with Crippen LogP contribution in [0.15, 0.2) is 0 Å². The SMILES string of the molecule is CCCC(C)C(=O)NNC[C@@H](C)CC. The van der Waals surface area contributed by atoms with E-state index in [4.69, 9.17) is 0 Å². The van der Waals surface area contributed by atoms with Crippen LogP contribution < -0.4 is 10.9 Å². The van der Waals surface area contributed by atoms with Crippen molar-refractivity contribution >= 4 is 5.91 Å². The van der Waals surface area contributed by atoms with Gasteiger partial charge in [-0.25, -0.2) is 5.43 Å². The number of hydrogen-bond donors (Lipinski definition) is 2. The Hall–Kier alpha value is -0.570. The van der Waals surface area contributed by atoms with Crippen LogP contribution in [0.5, 0.6) is 0 Å². The van der Waals surface area contributed by atoms with Crippen molar-refractivity contribution in [2.75, 3.05) is 6.54 Å². The fourth-order valence-electron chi connectivity index (χ4n) is 1.14. The molecule has 0 fully saturated rings. The Kier molecular flexibility index (Phi) is 7.48. The first-order chi connectivity index (χ1) is 6.61. The Labute approximate surface area is 87.6 Å². The van der Waals surface area contributed by atoms with Gasteiger partial charge in [0.05, 0.1) is 0 Å². The van der Waals surface area contributed by atoms with Gasteiger partial charge < -0.3 is 0 Å². The molecular formula is C11H24N2O. The number of nitrogens with one attached hydrogen (secondary N) is 2. The first-order valence-electron chi connectivity index (χ1n) is 5.64. The molecule has 2 N–H and O–H groups in total. The van der Waals surface area contributed by atoms with Gasteiger partial charge in [-0.3, -0.25) is 10.2 Å². The molecule has 3 heteroatoms. The van der Waals surface area contributed by atoms with Crippen molar-refractivity contribution in [2.45, 2.75) is 47.0 Å². The molecule has 2 atom stereocenters. The minimum Gasteiger partial charge on any atom is -0.291 e. The molecule has 0 spiro atoms. The van der Waals surface area contributed by atoms with Crippen molar-refractivity contribution < 1.29 is 4.79 Å². The van der Waals surface area contributed by atoms with Crippen LogP contribution in [-0.2, 0) is 4.79 Å². The van der Waals surface area contributed by atoms with Crippen LogP contribution in [0.3, 0.4) is 0 Å². The van der Waals surface area contributed by atoms with Gasteiger partial charge in [-0.05, 0) is 12.3 Å². The zero-order valence-electron chi connectivity index (χ0n) is 9.89. The molecule has 0 aromatic carbocycles. The standard InChI is InChI=1S/C11H24N2O/c1-5-7-10(4)11(14)13-12-8-9(3)6-2/h9-10,12H,5-8H2,1-4H3,(H,13,14)/t9-,10?/m0/s1. The minimum atomic E-state index is 0.107. The van der Waals surface area contributed by atoms with Gasteiger partial charge in [-0.1, -0.05) is 40.5 Å². The Balaban J connectivity index is 3.53. The smallest absolute Gasteiger partial charge is 0.236 e. The Morgan fingerprint density at radius 1 is 1.29 bits per heavy atom. The van der Waals surface area contributed by atoms with E-state index in [2.05, 4.69) is 31.6 Å². The lowest BCUT2D eigenvalue weighted by atomic mass is 10.1. The highest BCUT2D eigenvalue weighted by atomic mass is 16.2. The molecule has 14 heavy (non-hydrogen) atoms. The van der Waals surface area contributed by atoms with Crippen LogP contribution in [0.2, 0.25) is 0 Å². The van der Waals surface area contributed by atoms with Crippen molar-refractivity contribution in [1.82, 2.24) is 10.9 Å². The largest absolute Gasteiger partial charge is 0.291 e. The Bertz CT molecular complexity index is 159. The zero-order valence-corrected chi connectivity index (χ0v) is 9.89. The predicted octanol–water partition coefficient (Wildman–Crippen LogP) is 2.09. The number of hydrogen-bond acceptors (Lipinski definition) is 2. The highest BCUT2D eigenvalue weighted by molar-refractivity contribution is 5.77. The van der Waals surface area contributed by atoms with E-state index in [1.807, 2.05) is 6.92 Å². The summed E-state index contributed by atoms with van der Waals surface area (Å²) in [4.78, 5) is 11.4. The summed E-state index contributed by atoms with van der Waals surface area (Å²) in [6.45, 7) is 9.21. The normalized spacial score (nSPS) is 14.9. The summed E-state index contributed by atoms with van der Waals surface area (Å²) >= 11 is 0. The molecule has 0 rings (SSSR count). The van der Waals surface area contributed by atoms with E-state index in [-0.39, 0.29) is 11.8 Å². The van der Waals surface area contributed by atoms with Gasteiger partial charge >= 0.3 is 0 Å². The lowest BCUT2D eigenvalue weighted by Gasteiger charge is -2.14. The summed E-state index contributed by atoms with van der Waals surface area (Å²) in [6, 6.07) is 0. The third-order valence-electron chi connectivity index (χ3n) is 2.53. The number of carbonyl (C=O) groups is 1. The highest BCUT2D eigenvalue weighted by Crippen LogP contribution is 2.03. The molecular weight excluding hydrogens is 176 g/mol. The zero-order chi connectivity index (χ0) is 11.0. The fraction of sp³-hybridized carbons (Fsp3) is 0.909. The van der Waals surface area contributed by atoms with Crippen LogP contribution in [0.4, 0.5) is 0 Å². The molecule has 1 amide bonds. The van der Waals surface area contributed by atoms with Crippen LogP contribution in [0.25, 0.3) is 0 Å². The van der Waals surface area contributed by atoms with Gasteiger partial charge in [0.1, 0.15) is 0 Å². The monoisotopic (exact) mass is 200 g/mol. The van der Waals surface area contributed by atoms with Crippen LogP contribution >= 0.6 is 0 Å². The fourth-order valence-corrected chi connectivity index (χ4v) is 1.14. The molecule has 0 saturated heterocycles. The molecule has 3 nitrogen and oxygen atoms in total. The lowest BCUT2D eigenvalue weighted by Crippen LogP contribution is -2.42. The number of amides is 1. The number of hydrazine groups is 1. The van der Waals surface area contributed by atoms with Gasteiger partial charge in [0.25, 0.3) is 0 Å². The third-order valence-corrected chi connectivity index (χ3v) is 2.53. The summed E-state index contributed by atoms with van der Waals surface area (Å²) in [5.74, 6) is 0.830. The molecule has 0 radical (unpaired) electrons. The van der Waals surface area contributed by atoms with Gasteiger partial charge in [0.2, 0.25) is 5.91 Å². The minimum absolute atomic E-state index is 0.107. The number of rotatable bonds is 7. The van der Waals surface area contributed by atoms with E-state index >= 15 is 0 Å². The van der Waals surface area contributed by atoms with E-state index < -0.39 is 0 Å². The Morgan fingerprint density at radius 2 is 1.93 bits per heavy atom. The maximum atomic E-state index is 11.4. The van der Waals surface area contributed by atoms with Crippen LogP contribution in [-0.4, -0.2) is 12.5 Å². The van der Waals surface area contributed by atoms with Crippen molar-refractivity contribution in [3.05, 3.63) is 0 Å². The Morgan fingerprint density at radius 3 is 2.43 bits per heavy atom. The molecule has 1 unspecified atom stereocenters. The van der Waals surface area contributed by atoms with Crippen molar-refractivity contribution in [1.29, 1.82) is 0 Å². The first kappa shape index (κ1) is 13.4. The summed E-state index contributed by atoms with van der Waals surface area (Å²) in [7, 11) is 0. The van der Waals surface area contributed by atoms with E-state index in [0.717, 1.165) is 25.8 Å². The second-order valence-electron chi connectivity index (χ2n) is 4.07. The average molecular weight is 200 g/mol. The second kappa shape index (κ2) is 7.80. The molecule has 0 aliphatic carbocycles. The summed E-state index contributed by atoms with van der Waals surface area (Å²) in [5, 5.41) is 0. The topological polar surface area (TPSA) is 41.1 Å². The highest BCUT2D eigenvalue weighted by Gasteiger charge is 2.10. The molecule has 0 bridgehead atoms. The van der Waals surface area contributed by atoms with E-state index in [9.17, 15) is 4.79 Å². The van der Waals surface area contributed by atoms with Gasteiger partial charge in [-0.15, -0.1) is 0 Å². The molecule has 84 valence electrons. The van der Waals surface area contributed by atoms with Gasteiger partial charge in [-0.2, -0.15) is 0 Å². The van der Waals surface area contributed by atoms with Gasteiger partial charge in [0, 0.05) is 12.5 Å². The maximum absolute atomic E-state index is 11.4. The van der Waals surface area contributed by atoms with Crippen LogP contribution in [0, 0.1) is 11.8 Å². The van der Waals surface area contributed by atoms with Gasteiger partial charge in [0.15, 0.2) is 0 Å². The molecule has 0 saturated carbocycles. The third kappa shape index (κ3) is 5.97. The molecule has 0 aromatic heterocycles.